The number of anilines is 2. The van der Waals surface area contributed by atoms with Crippen LogP contribution in [0.15, 0.2) is 42.7 Å². The lowest BCUT2D eigenvalue weighted by atomic mass is 9.82. The normalized spacial score (nSPS) is 15.4. The standard InChI is InChI=1S/C37H51ClN4O5/c1-24(2)46-35(43)34(47-36(4,5)6)32-25(3)39-23-28(33(32)42-17-15-37(7,8)16-18-42)26-11-14-31(40-22-26)41(9)19-20-45-29-13-12-27(38)21-30(29)44-10/h11-14,21-24,34H,15-20H2,1-10H3/t34-/m0/s1. The van der Waals surface area contributed by atoms with Gasteiger partial charge in [-0.15, -0.1) is 0 Å². The number of ether oxygens (including phenoxy) is 4. The largest absolute Gasteiger partial charge is 0.493 e. The molecule has 3 heterocycles. The van der Waals surface area contributed by atoms with Crippen LogP contribution in [0.1, 0.15) is 78.7 Å². The maximum Gasteiger partial charge on any atom is 0.340 e. The minimum Gasteiger partial charge on any atom is -0.493 e. The Kier molecular flexibility index (Phi) is 11.7. The SMILES string of the molecule is COc1cc(Cl)ccc1OCCN(C)c1ccc(-c2cnc(C)c([C@H](OC(C)(C)C)C(=O)OC(C)C)c2N2CCC(C)(C)CC2)cn1. The average molecular weight is 667 g/mol. The van der Waals surface area contributed by atoms with E-state index in [0.29, 0.717) is 29.7 Å². The molecule has 1 fully saturated rings. The van der Waals surface area contributed by atoms with Gasteiger partial charge in [0.15, 0.2) is 17.6 Å². The summed E-state index contributed by atoms with van der Waals surface area (Å²) in [6.07, 6.45) is 4.60. The number of nitrogens with zero attached hydrogens (tertiary/aromatic N) is 4. The third-order valence-electron chi connectivity index (χ3n) is 8.28. The van der Waals surface area contributed by atoms with Gasteiger partial charge in [0, 0.05) is 66.0 Å². The molecule has 256 valence electrons. The molecule has 1 aliphatic rings. The van der Waals surface area contributed by atoms with Gasteiger partial charge in [0.25, 0.3) is 0 Å². The van der Waals surface area contributed by atoms with Crippen LogP contribution in [0, 0.1) is 12.3 Å². The zero-order valence-electron chi connectivity index (χ0n) is 29.6. The lowest BCUT2D eigenvalue weighted by Gasteiger charge is -2.41. The quantitative estimate of drug-likeness (QED) is 0.178. The molecule has 1 aromatic carbocycles. The second kappa shape index (κ2) is 15.1. The Morgan fingerprint density at radius 1 is 1.06 bits per heavy atom. The van der Waals surface area contributed by atoms with Crippen molar-refractivity contribution in [2.45, 2.75) is 86.0 Å². The Balaban J connectivity index is 1.67. The fourth-order valence-electron chi connectivity index (χ4n) is 5.62. The van der Waals surface area contributed by atoms with E-state index in [-0.39, 0.29) is 11.5 Å². The molecular formula is C37H51ClN4O5. The molecule has 9 nitrogen and oxygen atoms in total. The van der Waals surface area contributed by atoms with E-state index in [0.717, 1.165) is 59.8 Å². The van der Waals surface area contributed by atoms with Gasteiger partial charge < -0.3 is 28.7 Å². The summed E-state index contributed by atoms with van der Waals surface area (Å²) in [5, 5.41) is 0.589. The number of rotatable bonds is 12. The van der Waals surface area contributed by atoms with Gasteiger partial charge in [0.05, 0.1) is 31.0 Å². The number of halogens is 1. The fourth-order valence-corrected chi connectivity index (χ4v) is 5.78. The third kappa shape index (κ3) is 9.51. The highest BCUT2D eigenvalue weighted by Crippen LogP contribution is 2.44. The number of hydrogen-bond acceptors (Lipinski definition) is 9. The molecule has 4 rings (SSSR count). The van der Waals surface area contributed by atoms with Crippen LogP contribution < -0.4 is 19.3 Å². The van der Waals surface area contributed by atoms with Crippen LogP contribution in [-0.2, 0) is 14.3 Å². The van der Waals surface area contributed by atoms with Crippen molar-refractivity contribution in [2.75, 3.05) is 50.2 Å². The molecule has 47 heavy (non-hydrogen) atoms. The van der Waals surface area contributed by atoms with Crippen molar-refractivity contribution in [3.8, 4) is 22.6 Å². The molecule has 0 spiro atoms. The Morgan fingerprint density at radius 2 is 1.77 bits per heavy atom. The van der Waals surface area contributed by atoms with Crippen molar-refractivity contribution in [3.05, 3.63) is 59.0 Å². The molecule has 3 aromatic rings. The van der Waals surface area contributed by atoms with Crippen LogP contribution in [0.2, 0.25) is 5.02 Å². The average Bonchev–Trinajstić information content (AvgIpc) is 3.00. The number of esters is 1. The monoisotopic (exact) mass is 666 g/mol. The Bertz CT molecular complexity index is 1510. The summed E-state index contributed by atoms with van der Waals surface area (Å²) in [5.74, 6) is 1.62. The molecule has 1 aliphatic heterocycles. The summed E-state index contributed by atoms with van der Waals surface area (Å²) < 4.78 is 23.6. The first-order chi connectivity index (χ1) is 22.1. The summed E-state index contributed by atoms with van der Waals surface area (Å²) >= 11 is 6.09. The maximum absolute atomic E-state index is 13.7. The molecule has 0 unspecified atom stereocenters. The summed E-state index contributed by atoms with van der Waals surface area (Å²) in [6, 6.07) is 9.37. The minimum absolute atomic E-state index is 0.243. The first-order valence-electron chi connectivity index (χ1n) is 16.3. The Morgan fingerprint density at radius 3 is 2.36 bits per heavy atom. The molecule has 0 radical (unpaired) electrons. The van der Waals surface area contributed by atoms with Gasteiger partial charge in [-0.1, -0.05) is 25.4 Å². The van der Waals surface area contributed by atoms with Crippen molar-refractivity contribution >= 4 is 29.1 Å². The molecule has 2 aromatic heterocycles. The van der Waals surface area contributed by atoms with E-state index < -0.39 is 17.7 Å². The second-order valence-electron chi connectivity index (χ2n) is 14.2. The fraction of sp³-hybridized carbons (Fsp3) is 0.541. The highest BCUT2D eigenvalue weighted by molar-refractivity contribution is 6.30. The van der Waals surface area contributed by atoms with E-state index in [1.54, 1.807) is 25.3 Å². The first-order valence-corrected chi connectivity index (χ1v) is 16.7. The van der Waals surface area contributed by atoms with Gasteiger partial charge in [-0.25, -0.2) is 9.78 Å². The number of pyridine rings is 2. The van der Waals surface area contributed by atoms with Crippen molar-refractivity contribution in [2.24, 2.45) is 5.41 Å². The van der Waals surface area contributed by atoms with Crippen molar-refractivity contribution in [3.63, 3.8) is 0 Å². The van der Waals surface area contributed by atoms with E-state index >= 15 is 0 Å². The van der Waals surface area contributed by atoms with Gasteiger partial charge in [-0.3, -0.25) is 4.98 Å². The van der Waals surface area contributed by atoms with E-state index in [4.69, 9.17) is 40.5 Å². The second-order valence-corrected chi connectivity index (χ2v) is 14.7. The van der Waals surface area contributed by atoms with E-state index in [9.17, 15) is 4.79 Å². The molecule has 0 bridgehead atoms. The van der Waals surface area contributed by atoms with Crippen LogP contribution in [0.5, 0.6) is 11.5 Å². The number of hydrogen-bond donors (Lipinski definition) is 0. The predicted molar refractivity (Wildman–Crippen MR) is 189 cm³/mol. The number of carbonyl (C=O) groups is 1. The van der Waals surface area contributed by atoms with E-state index in [1.807, 2.05) is 72.0 Å². The molecule has 0 amide bonds. The van der Waals surface area contributed by atoms with Crippen LogP contribution in [0.25, 0.3) is 11.1 Å². The van der Waals surface area contributed by atoms with Crippen molar-refractivity contribution in [1.29, 1.82) is 0 Å². The summed E-state index contributed by atoms with van der Waals surface area (Å²) in [5.41, 5.74) is 3.91. The topological polar surface area (TPSA) is 86.2 Å². The van der Waals surface area contributed by atoms with Crippen molar-refractivity contribution in [1.82, 2.24) is 9.97 Å². The number of likely N-dealkylation sites (N-methyl/N-ethyl adjacent to an activating group) is 1. The number of benzene rings is 1. The van der Waals surface area contributed by atoms with Crippen LogP contribution in [-0.4, -0.2) is 68.0 Å². The van der Waals surface area contributed by atoms with E-state index in [2.05, 4.69) is 24.8 Å². The highest BCUT2D eigenvalue weighted by atomic mass is 35.5. The summed E-state index contributed by atoms with van der Waals surface area (Å²) in [4.78, 5) is 27.7. The van der Waals surface area contributed by atoms with Gasteiger partial charge >= 0.3 is 5.97 Å². The zero-order valence-corrected chi connectivity index (χ0v) is 30.4. The van der Waals surface area contributed by atoms with Crippen LogP contribution >= 0.6 is 11.6 Å². The molecule has 0 saturated carbocycles. The molecule has 1 atom stereocenters. The molecule has 0 N–H and O–H groups in total. The number of aryl methyl sites for hydroxylation is 1. The summed E-state index contributed by atoms with van der Waals surface area (Å²) in [7, 11) is 3.57. The third-order valence-corrected chi connectivity index (χ3v) is 8.52. The lowest BCUT2D eigenvalue weighted by Crippen LogP contribution is -2.39. The summed E-state index contributed by atoms with van der Waals surface area (Å²) in [6.45, 7) is 18.9. The van der Waals surface area contributed by atoms with Gasteiger partial charge in [0.1, 0.15) is 12.4 Å². The maximum atomic E-state index is 13.7. The molecule has 1 saturated heterocycles. The number of carbonyl (C=O) groups excluding carboxylic acids is 1. The smallest absolute Gasteiger partial charge is 0.340 e. The Labute approximate surface area is 285 Å². The predicted octanol–water partition coefficient (Wildman–Crippen LogP) is 8.06. The number of piperidine rings is 1. The number of aromatic nitrogens is 2. The molecule has 10 heteroatoms. The zero-order chi connectivity index (χ0) is 34.5. The van der Waals surface area contributed by atoms with E-state index in [1.165, 1.54) is 0 Å². The molecular weight excluding hydrogens is 616 g/mol. The highest BCUT2D eigenvalue weighted by Gasteiger charge is 2.37. The van der Waals surface area contributed by atoms with Gasteiger partial charge in [-0.05, 0) is 84.1 Å². The van der Waals surface area contributed by atoms with Crippen LogP contribution in [0.3, 0.4) is 0 Å². The molecule has 0 aliphatic carbocycles. The number of methoxy groups -OCH3 is 1. The van der Waals surface area contributed by atoms with Gasteiger partial charge in [0.2, 0.25) is 0 Å². The van der Waals surface area contributed by atoms with Crippen molar-refractivity contribution < 1.29 is 23.7 Å². The lowest BCUT2D eigenvalue weighted by molar-refractivity contribution is -0.171. The first kappa shape index (κ1) is 36.3. The van der Waals surface area contributed by atoms with Crippen LogP contribution in [0.4, 0.5) is 11.5 Å². The minimum atomic E-state index is -0.938. The van der Waals surface area contributed by atoms with Gasteiger partial charge in [-0.2, -0.15) is 0 Å². The Hall–Kier alpha value is -3.56.